The van der Waals surface area contributed by atoms with Gasteiger partial charge in [0.25, 0.3) is 0 Å². The molecule has 0 aliphatic rings. The number of nitrogens with two attached hydrogens (primary N) is 1. The van der Waals surface area contributed by atoms with Crippen LogP contribution < -0.4 is 11.1 Å². The highest BCUT2D eigenvalue weighted by atomic mass is 32.1. The molecule has 1 aromatic rings. The van der Waals surface area contributed by atoms with Gasteiger partial charge in [0, 0.05) is 28.4 Å². The Morgan fingerprint density at radius 2 is 1.92 bits per heavy atom. The summed E-state index contributed by atoms with van der Waals surface area (Å²) >= 11 is 1.79. The first-order valence-electron chi connectivity index (χ1n) is 4.54. The molecule has 0 aliphatic carbocycles. The Labute approximate surface area is 84.2 Å². The summed E-state index contributed by atoms with van der Waals surface area (Å²) in [5, 5.41) is 3.45. The molecule has 0 radical (unpaired) electrons. The summed E-state index contributed by atoms with van der Waals surface area (Å²) in [7, 11) is 0. The SMILES string of the molecule is CC(C)(C)NCc1ccc(CN)s1. The minimum Gasteiger partial charge on any atom is -0.326 e. The summed E-state index contributed by atoms with van der Waals surface area (Å²) in [5.41, 5.74) is 5.72. The van der Waals surface area contributed by atoms with Crippen LogP contribution in [0.1, 0.15) is 30.5 Å². The third-order valence-corrected chi connectivity index (χ3v) is 2.82. The molecule has 0 saturated heterocycles. The van der Waals surface area contributed by atoms with Crippen molar-refractivity contribution in [2.24, 2.45) is 5.73 Å². The maximum Gasteiger partial charge on any atom is 0.0304 e. The molecule has 0 spiro atoms. The molecular formula is C10H18N2S. The van der Waals surface area contributed by atoms with Crippen molar-refractivity contribution in [3.8, 4) is 0 Å². The zero-order chi connectivity index (χ0) is 9.90. The highest BCUT2D eigenvalue weighted by molar-refractivity contribution is 7.11. The lowest BCUT2D eigenvalue weighted by Gasteiger charge is -2.19. The lowest BCUT2D eigenvalue weighted by Crippen LogP contribution is -2.34. The van der Waals surface area contributed by atoms with Gasteiger partial charge in [-0.25, -0.2) is 0 Å². The van der Waals surface area contributed by atoms with Crippen molar-refractivity contribution in [1.82, 2.24) is 5.32 Å². The van der Waals surface area contributed by atoms with Gasteiger partial charge in [0.2, 0.25) is 0 Å². The van der Waals surface area contributed by atoms with Crippen molar-refractivity contribution in [1.29, 1.82) is 0 Å². The number of thiophene rings is 1. The minimum absolute atomic E-state index is 0.187. The molecule has 0 aliphatic heterocycles. The lowest BCUT2D eigenvalue weighted by molar-refractivity contribution is 0.426. The van der Waals surface area contributed by atoms with Crippen LogP contribution in [0.2, 0.25) is 0 Å². The van der Waals surface area contributed by atoms with Crippen LogP contribution in [0.4, 0.5) is 0 Å². The number of nitrogens with one attached hydrogen (secondary N) is 1. The van der Waals surface area contributed by atoms with Crippen molar-refractivity contribution >= 4 is 11.3 Å². The number of rotatable bonds is 3. The molecule has 0 atom stereocenters. The molecule has 2 nitrogen and oxygen atoms in total. The molecule has 13 heavy (non-hydrogen) atoms. The van der Waals surface area contributed by atoms with Gasteiger partial charge in [-0.05, 0) is 32.9 Å². The predicted molar refractivity (Wildman–Crippen MR) is 58.8 cm³/mol. The summed E-state index contributed by atoms with van der Waals surface area (Å²) < 4.78 is 0. The van der Waals surface area contributed by atoms with Crippen molar-refractivity contribution in [2.45, 2.75) is 39.4 Å². The maximum atomic E-state index is 5.54. The average molecular weight is 198 g/mol. The van der Waals surface area contributed by atoms with Crippen molar-refractivity contribution in [3.63, 3.8) is 0 Å². The predicted octanol–water partition coefficient (Wildman–Crippen LogP) is 2.09. The Hall–Kier alpha value is -0.380. The first kappa shape index (κ1) is 10.7. The molecule has 1 aromatic heterocycles. The molecule has 0 fully saturated rings. The van der Waals surface area contributed by atoms with Gasteiger partial charge in [0.15, 0.2) is 0 Å². The van der Waals surface area contributed by atoms with Crippen LogP contribution in [0.3, 0.4) is 0 Å². The molecule has 74 valence electrons. The minimum atomic E-state index is 0.187. The smallest absolute Gasteiger partial charge is 0.0304 e. The molecule has 1 rings (SSSR count). The summed E-state index contributed by atoms with van der Waals surface area (Å²) in [4.78, 5) is 2.61. The molecule has 3 heteroatoms. The van der Waals surface area contributed by atoms with E-state index in [4.69, 9.17) is 5.73 Å². The van der Waals surface area contributed by atoms with Crippen LogP contribution in [-0.4, -0.2) is 5.54 Å². The van der Waals surface area contributed by atoms with E-state index in [1.165, 1.54) is 9.75 Å². The average Bonchev–Trinajstić information content (AvgIpc) is 2.47. The molecule has 0 bridgehead atoms. The summed E-state index contributed by atoms with van der Waals surface area (Å²) in [6.45, 7) is 8.10. The highest BCUT2D eigenvalue weighted by Crippen LogP contribution is 2.16. The van der Waals surface area contributed by atoms with E-state index in [1.807, 2.05) is 0 Å². The second-order valence-corrected chi connectivity index (χ2v) is 5.43. The fourth-order valence-corrected chi connectivity index (χ4v) is 1.82. The first-order chi connectivity index (χ1) is 6.01. The van der Waals surface area contributed by atoms with E-state index >= 15 is 0 Å². The molecule has 0 aromatic carbocycles. The Morgan fingerprint density at radius 3 is 2.38 bits per heavy atom. The van der Waals surface area contributed by atoms with Gasteiger partial charge < -0.3 is 11.1 Å². The van der Waals surface area contributed by atoms with Crippen LogP contribution in [0, 0.1) is 0 Å². The number of hydrogen-bond acceptors (Lipinski definition) is 3. The Kier molecular flexibility index (Phi) is 3.47. The second-order valence-electron chi connectivity index (χ2n) is 4.18. The monoisotopic (exact) mass is 198 g/mol. The molecule has 0 saturated carbocycles. The van der Waals surface area contributed by atoms with E-state index in [0.717, 1.165) is 6.54 Å². The Morgan fingerprint density at radius 1 is 1.31 bits per heavy atom. The van der Waals surface area contributed by atoms with Crippen LogP contribution in [0.15, 0.2) is 12.1 Å². The largest absolute Gasteiger partial charge is 0.326 e. The zero-order valence-corrected chi connectivity index (χ0v) is 9.37. The Balaban J connectivity index is 2.46. The van der Waals surface area contributed by atoms with Crippen LogP contribution in [-0.2, 0) is 13.1 Å². The summed E-state index contributed by atoms with van der Waals surface area (Å²) in [5.74, 6) is 0. The normalized spacial score (nSPS) is 12.0. The van der Waals surface area contributed by atoms with Crippen LogP contribution in [0.25, 0.3) is 0 Å². The van der Waals surface area contributed by atoms with Gasteiger partial charge in [-0.3, -0.25) is 0 Å². The van der Waals surface area contributed by atoms with Gasteiger partial charge >= 0.3 is 0 Å². The van der Waals surface area contributed by atoms with Crippen molar-refractivity contribution < 1.29 is 0 Å². The molecule has 3 N–H and O–H groups in total. The van der Waals surface area contributed by atoms with E-state index < -0.39 is 0 Å². The quantitative estimate of drug-likeness (QED) is 0.780. The third-order valence-electron chi connectivity index (χ3n) is 1.71. The van der Waals surface area contributed by atoms with Gasteiger partial charge in [0.05, 0.1) is 0 Å². The zero-order valence-electron chi connectivity index (χ0n) is 8.55. The lowest BCUT2D eigenvalue weighted by atomic mass is 10.1. The standard InChI is InChI=1S/C10H18N2S/c1-10(2,3)12-7-9-5-4-8(6-11)13-9/h4-5,12H,6-7,11H2,1-3H3. The van der Waals surface area contributed by atoms with Crippen LogP contribution >= 0.6 is 11.3 Å². The molecule has 0 amide bonds. The topological polar surface area (TPSA) is 38.0 Å². The highest BCUT2D eigenvalue weighted by Gasteiger charge is 2.08. The van der Waals surface area contributed by atoms with E-state index in [-0.39, 0.29) is 5.54 Å². The van der Waals surface area contributed by atoms with Crippen molar-refractivity contribution in [3.05, 3.63) is 21.9 Å². The molecule has 0 unspecified atom stereocenters. The van der Waals surface area contributed by atoms with Gasteiger partial charge in [0.1, 0.15) is 0 Å². The Bertz CT molecular complexity index is 260. The second kappa shape index (κ2) is 4.22. The van der Waals surface area contributed by atoms with Crippen molar-refractivity contribution in [2.75, 3.05) is 0 Å². The fourth-order valence-electron chi connectivity index (χ4n) is 0.979. The maximum absolute atomic E-state index is 5.54. The van der Waals surface area contributed by atoms with E-state index in [1.54, 1.807) is 11.3 Å². The molecular weight excluding hydrogens is 180 g/mol. The summed E-state index contributed by atoms with van der Waals surface area (Å²) in [6.07, 6.45) is 0. The third kappa shape index (κ3) is 3.89. The summed E-state index contributed by atoms with van der Waals surface area (Å²) in [6, 6.07) is 4.25. The van der Waals surface area contributed by atoms with Gasteiger partial charge in [-0.2, -0.15) is 0 Å². The van der Waals surface area contributed by atoms with E-state index in [2.05, 4.69) is 38.2 Å². The van der Waals surface area contributed by atoms with Crippen LogP contribution in [0.5, 0.6) is 0 Å². The number of hydrogen-bond donors (Lipinski definition) is 2. The fraction of sp³-hybridized carbons (Fsp3) is 0.600. The van der Waals surface area contributed by atoms with E-state index in [0.29, 0.717) is 6.54 Å². The molecule has 1 heterocycles. The van der Waals surface area contributed by atoms with E-state index in [9.17, 15) is 0 Å². The van der Waals surface area contributed by atoms with Gasteiger partial charge in [-0.1, -0.05) is 0 Å². The first-order valence-corrected chi connectivity index (χ1v) is 5.35. The van der Waals surface area contributed by atoms with Gasteiger partial charge in [-0.15, -0.1) is 11.3 Å².